The van der Waals surface area contributed by atoms with E-state index in [2.05, 4.69) is 278 Å². The van der Waals surface area contributed by atoms with Crippen LogP contribution in [0.1, 0.15) is 0 Å². The van der Waals surface area contributed by atoms with Crippen LogP contribution in [0.5, 0.6) is 0 Å². The van der Waals surface area contributed by atoms with Crippen molar-refractivity contribution < 1.29 is 0 Å². The molecular weight excluding hydrogens is 821 g/mol. The number of anilines is 4. The molecule has 0 fully saturated rings. The minimum Gasteiger partial charge on any atom is -0.355 e. The van der Waals surface area contributed by atoms with E-state index in [1.165, 1.54) is 71.3 Å². The van der Waals surface area contributed by atoms with Crippen molar-refractivity contribution in [1.29, 1.82) is 0 Å². The molecule has 2 N–H and O–H groups in total. The first kappa shape index (κ1) is 40.5. The number of hydrogen-bond acceptors (Lipinski definition) is 2. The molecule has 0 aliphatic carbocycles. The molecule has 0 bridgehead atoms. The van der Waals surface area contributed by atoms with E-state index in [1.807, 2.05) is 0 Å². The van der Waals surface area contributed by atoms with Crippen molar-refractivity contribution in [1.82, 2.24) is 0 Å². The molecule has 0 amide bonds. The average Bonchev–Trinajstić information content (AvgIpc) is 3.42. The summed E-state index contributed by atoms with van der Waals surface area (Å²) in [6.07, 6.45) is 0. The standard InChI is InChI=1S/C66H46N2/c1-5-18-45(19-6-1)49-32-37-55(38-33-49)67-62-41-36-52(48-24-11-4-12-25-48)43-60(62)61-44-53-26-13-14-29-57(53)65-64(61)59-31-16-15-30-58(59)63(54-28-17-27-51(42-54)47-22-9-3-10-23-47)66(65)68-56-39-34-50(35-40-56)46-20-7-2-8-21-46/h1-44,67-68H. The van der Waals surface area contributed by atoms with Crippen LogP contribution < -0.4 is 10.6 Å². The molecule has 68 heavy (non-hydrogen) atoms. The summed E-state index contributed by atoms with van der Waals surface area (Å²) in [7, 11) is 0. The molecule has 320 valence electrons. The van der Waals surface area contributed by atoms with Gasteiger partial charge in [0.2, 0.25) is 0 Å². The molecule has 0 aromatic heterocycles. The Balaban J connectivity index is 1.14. The lowest BCUT2D eigenvalue weighted by molar-refractivity contribution is 1.53. The Labute approximate surface area is 397 Å². The molecule has 0 spiro atoms. The summed E-state index contributed by atoms with van der Waals surface area (Å²) in [5.74, 6) is 0. The lowest BCUT2D eigenvalue weighted by atomic mass is 9.83. The highest BCUT2D eigenvalue weighted by molar-refractivity contribution is 6.32. The minimum atomic E-state index is 1.02. The van der Waals surface area contributed by atoms with Gasteiger partial charge in [0.05, 0.1) is 5.69 Å². The molecule has 0 unspecified atom stereocenters. The van der Waals surface area contributed by atoms with Gasteiger partial charge in [-0.3, -0.25) is 0 Å². The first-order valence-corrected chi connectivity index (χ1v) is 23.3. The lowest BCUT2D eigenvalue weighted by Crippen LogP contribution is -2.00. The highest BCUT2D eigenvalue weighted by atomic mass is 14.9. The zero-order valence-electron chi connectivity index (χ0n) is 37.4. The third kappa shape index (κ3) is 7.74. The van der Waals surface area contributed by atoms with Crippen molar-refractivity contribution >= 4 is 55.1 Å². The van der Waals surface area contributed by atoms with Crippen molar-refractivity contribution in [3.8, 4) is 66.8 Å². The largest absolute Gasteiger partial charge is 0.355 e. The van der Waals surface area contributed by atoms with Crippen LogP contribution in [0.15, 0.2) is 267 Å². The molecule has 0 atom stereocenters. The van der Waals surface area contributed by atoms with Crippen LogP contribution >= 0.6 is 0 Å². The molecular formula is C66H46N2. The fraction of sp³-hybridized carbons (Fsp3) is 0. The SMILES string of the molecule is c1ccc(-c2ccc(Nc3ccc(-c4ccccc4)cc3-c3cc4ccccc4c4c(Nc5ccc(-c6ccccc6)cc5)c(-c5cccc(-c6ccccc6)c5)c5ccccc5c34)cc2)cc1. The fourth-order valence-corrected chi connectivity index (χ4v) is 9.93. The molecule has 0 radical (unpaired) electrons. The van der Waals surface area contributed by atoms with Gasteiger partial charge in [-0.15, -0.1) is 0 Å². The van der Waals surface area contributed by atoms with Crippen LogP contribution in [0.2, 0.25) is 0 Å². The van der Waals surface area contributed by atoms with E-state index in [0.29, 0.717) is 0 Å². The second-order valence-corrected chi connectivity index (χ2v) is 17.4. The topological polar surface area (TPSA) is 24.1 Å². The minimum absolute atomic E-state index is 1.02. The predicted molar refractivity (Wildman–Crippen MR) is 291 cm³/mol. The Morgan fingerprint density at radius 2 is 0.662 bits per heavy atom. The van der Waals surface area contributed by atoms with Crippen molar-refractivity contribution in [3.05, 3.63) is 267 Å². The van der Waals surface area contributed by atoms with Gasteiger partial charge < -0.3 is 10.6 Å². The van der Waals surface area contributed by atoms with E-state index >= 15 is 0 Å². The second kappa shape index (κ2) is 17.8. The highest BCUT2D eigenvalue weighted by Crippen LogP contribution is 2.51. The smallest absolute Gasteiger partial charge is 0.0556 e. The van der Waals surface area contributed by atoms with E-state index in [9.17, 15) is 0 Å². The van der Waals surface area contributed by atoms with Gasteiger partial charge in [-0.05, 0) is 126 Å². The van der Waals surface area contributed by atoms with Crippen molar-refractivity contribution in [2.24, 2.45) is 0 Å². The molecule has 0 aliphatic heterocycles. The Bertz CT molecular complexity index is 3730. The van der Waals surface area contributed by atoms with Gasteiger partial charge in [-0.1, -0.05) is 218 Å². The van der Waals surface area contributed by atoms with Crippen LogP contribution in [0.3, 0.4) is 0 Å². The molecule has 2 nitrogen and oxygen atoms in total. The van der Waals surface area contributed by atoms with Crippen LogP contribution in [-0.2, 0) is 0 Å². The number of rotatable bonds is 10. The van der Waals surface area contributed by atoms with E-state index in [1.54, 1.807) is 0 Å². The molecule has 0 saturated heterocycles. The summed E-state index contributed by atoms with van der Waals surface area (Å²) in [4.78, 5) is 0. The Morgan fingerprint density at radius 1 is 0.235 bits per heavy atom. The van der Waals surface area contributed by atoms with Gasteiger partial charge in [0.1, 0.15) is 0 Å². The zero-order valence-corrected chi connectivity index (χ0v) is 37.4. The molecule has 12 rings (SSSR count). The maximum absolute atomic E-state index is 4.11. The summed E-state index contributed by atoms with van der Waals surface area (Å²) in [5.41, 5.74) is 18.2. The van der Waals surface area contributed by atoms with Crippen molar-refractivity contribution in [2.45, 2.75) is 0 Å². The summed E-state index contributed by atoms with van der Waals surface area (Å²) in [6, 6.07) is 96.4. The Hall–Kier alpha value is -8.98. The first-order valence-electron chi connectivity index (χ1n) is 23.3. The van der Waals surface area contributed by atoms with Gasteiger partial charge in [0, 0.05) is 39.0 Å². The molecule has 0 saturated carbocycles. The molecule has 0 aliphatic rings. The lowest BCUT2D eigenvalue weighted by Gasteiger charge is -2.24. The highest BCUT2D eigenvalue weighted by Gasteiger charge is 2.23. The third-order valence-electron chi connectivity index (χ3n) is 13.2. The van der Waals surface area contributed by atoms with Crippen LogP contribution in [0, 0.1) is 0 Å². The number of nitrogens with one attached hydrogen (secondary N) is 2. The summed E-state index contributed by atoms with van der Waals surface area (Å²) in [5, 5.41) is 15.1. The Kier molecular flexibility index (Phi) is 10.6. The second-order valence-electron chi connectivity index (χ2n) is 17.4. The Morgan fingerprint density at radius 3 is 1.25 bits per heavy atom. The van der Waals surface area contributed by atoms with E-state index in [4.69, 9.17) is 0 Å². The maximum Gasteiger partial charge on any atom is 0.0556 e. The molecule has 12 aromatic carbocycles. The number of fused-ring (bicyclic) bond motifs is 5. The van der Waals surface area contributed by atoms with Gasteiger partial charge in [0.25, 0.3) is 0 Å². The van der Waals surface area contributed by atoms with Gasteiger partial charge in [-0.25, -0.2) is 0 Å². The van der Waals surface area contributed by atoms with Crippen molar-refractivity contribution in [3.63, 3.8) is 0 Å². The quantitative estimate of drug-likeness (QED) is 0.134. The van der Waals surface area contributed by atoms with Crippen molar-refractivity contribution in [2.75, 3.05) is 10.6 Å². The van der Waals surface area contributed by atoms with E-state index in [-0.39, 0.29) is 0 Å². The van der Waals surface area contributed by atoms with Crippen LogP contribution in [-0.4, -0.2) is 0 Å². The zero-order chi connectivity index (χ0) is 45.2. The van der Waals surface area contributed by atoms with Gasteiger partial charge >= 0.3 is 0 Å². The molecule has 0 heterocycles. The number of hydrogen-bond donors (Lipinski definition) is 2. The normalized spacial score (nSPS) is 11.2. The third-order valence-corrected chi connectivity index (χ3v) is 13.2. The molecule has 2 heteroatoms. The maximum atomic E-state index is 4.11. The fourth-order valence-electron chi connectivity index (χ4n) is 9.93. The van der Waals surface area contributed by atoms with Crippen LogP contribution in [0.4, 0.5) is 22.7 Å². The number of benzene rings is 12. The van der Waals surface area contributed by atoms with Gasteiger partial charge in [0.15, 0.2) is 0 Å². The van der Waals surface area contributed by atoms with E-state index in [0.717, 1.165) is 50.6 Å². The average molecular weight is 867 g/mol. The monoisotopic (exact) mass is 866 g/mol. The predicted octanol–water partition coefficient (Wildman–Crippen LogP) is 18.6. The summed E-state index contributed by atoms with van der Waals surface area (Å²) >= 11 is 0. The van der Waals surface area contributed by atoms with E-state index < -0.39 is 0 Å². The first-order chi connectivity index (χ1) is 33.7. The summed E-state index contributed by atoms with van der Waals surface area (Å²) < 4.78 is 0. The summed E-state index contributed by atoms with van der Waals surface area (Å²) in [6.45, 7) is 0. The van der Waals surface area contributed by atoms with Crippen LogP contribution in [0.25, 0.3) is 99.1 Å². The molecule has 12 aromatic rings. The van der Waals surface area contributed by atoms with Gasteiger partial charge in [-0.2, -0.15) is 0 Å².